The second-order valence-electron chi connectivity index (χ2n) is 4.79. The smallest absolute Gasteiger partial charge is 0.179 e. The van der Waals surface area contributed by atoms with Crippen molar-refractivity contribution in [2.24, 2.45) is 5.92 Å². The maximum atomic E-state index is 12.2. The first-order valence-corrected chi connectivity index (χ1v) is 7.87. The van der Waals surface area contributed by atoms with E-state index in [2.05, 4.69) is 11.8 Å². The van der Waals surface area contributed by atoms with E-state index in [0.29, 0.717) is 20.8 Å². The van der Waals surface area contributed by atoms with E-state index in [-0.39, 0.29) is 5.78 Å². The number of rotatable bonds is 6. The predicted octanol–water partition coefficient (Wildman–Crippen LogP) is 4.36. The van der Waals surface area contributed by atoms with Crippen LogP contribution in [0.25, 0.3) is 0 Å². The van der Waals surface area contributed by atoms with E-state index < -0.39 is 0 Å². The zero-order chi connectivity index (χ0) is 13.1. The van der Waals surface area contributed by atoms with Gasteiger partial charge in [-0.2, -0.15) is 0 Å². The Morgan fingerprint density at radius 1 is 1.50 bits per heavy atom. The fourth-order valence-electron chi connectivity index (χ4n) is 2.16. The molecule has 1 aliphatic carbocycles. The third-order valence-electron chi connectivity index (χ3n) is 3.51. The van der Waals surface area contributed by atoms with E-state index >= 15 is 0 Å². The second kappa shape index (κ2) is 6.38. The molecular weight excluding hydrogens is 289 g/mol. The number of hydrogen-bond acceptors (Lipinski definition) is 3. The van der Waals surface area contributed by atoms with Crippen molar-refractivity contribution in [1.29, 1.82) is 0 Å². The van der Waals surface area contributed by atoms with Crippen LogP contribution < -0.4 is 0 Å². The zero-order valence-corrected chi connectivity index (χ0v) is 12.7. The van der Waals surface area contributed by atoms with Gasteiger partial charge in [-0.3, -0.25) is 9.69 Å². The number of nitrogens with zero attached hydrogens (tertiary/aromatic N) is 1. The number of thiophene rings is 1. The first kappa shape index (κ1) is 14.3. The number of likely N-dealkylation sites (N-methyl/N-ethyl adjacent to an activating group) is 1. The molecular formula is C13H17Cl2NOS. The summed E-state index contributed by atoms with van der Waals surface area (Å²) in [5, 5.41) is 0. The summed E-state index contributed by atoms with van der Waals surface area (Å²) < 4.78 is 1.08. The molecule has 2 nitrogen and oxygen atoms in total. The van der Waals surface area contributed by atoms with Crippen molar-refractivity contribution >= 4 is 40.3 Å². The number of halogens is 2. The highest BCUT2D eigenvalue weighted by molar-refractivity contribution is 7.20. The third kappa shape index (κ3) is 3.47. The van der Waals surface area contributed by atoms with E-state index in [9.17, 15) is 4.79 Å². The van der Waals surface area contributed by atoms with Crippen LogP contribution in [0.4, 0.5) is 0 Å². The lowest BCUT2D eigenvalue weighted by atomic mass is 9.85. The van der Waals surface area contributed by atoms with Crippen molar-refractivity contribution < 1.29 is 4.79 Å². The summed E-state index contributed by atoms with van der Waals surface area (Å²) in [6, 6.07) is 1.67. The molecule has 0 aliphatic heterocycles. The van der Waals surface area contributed by atoms with E-state index in [1.807, 2.05) is 0 Å². The molecule has 0 spiro atoms. The number of ketones is 1. The molecule has 1 heterocycles. The summed E-state index contributed by atoms with van der Waals surface area (Å²) in [4.78, 5) is 14.4. The fourth-order valence-corrected chi connectivity index (χ4v) is 3.66. The Bertz CT molecular complexity index is 429. The maximum absolute atomic E-state index is 12.2. The molecule has 1 aliphatic rings. The SMILES string of the molecule is CCN(CC(=O)c1cc(Cl)sc1Cl)CC1CCC1. The summed E-state index contributed by atoms with van der Waals surface area (Å²) in [5.74, 6) is 0.851. The van der Waals surface area contributed by atoms with Gasteiger partial charge in [-0.25, -0.2) is 0 Å². The average Bonchev–Trinajstić information content (AvgIpc) is 2.61. The molecule has 1 saturated carbocycles. The molecule has 0 bridgehead atoms. The molecule has 0 unspecified atom stereocenters. The number of Topliss-reactive ketones (excluding diaryl/α,β-unsaturated/α-hetero) is 1. The van der Waals surface area contributed by atoms with E-state index in [1.54, 1.807) is 6.07 Å². The van der Waals surface area contributed by atoms with Gasteiger partial charge >= 0.3 is 0 Å². The molecule has 0 saturated heterocycles. The highest BCUT2D eigenvalue weighted by Gasteiger charge is 2.22. The van der Waals surface area contributed by atoms with E-state index in [1.165, 1.54) is 30.6 Å². The summed E-state index contributed by atoms with van der Waals surface area (Å²) in [7, 11) is 0. The topological polar surface area (TPSA) is 20.3 Å². The first-order valence-electron chi connectivity index (χ1n) is 6.30. The van der Waals surface area contributed by atoms with Crippen LogP contribution in [0.2, 0.25) is 8.67 Å². The van der Waals surface area contributed by atoms with Gasteiger partial charge in [-0.05, 0) is 31.4 Å². The van der Waals surface area contributed by atoms with Crippen LogP contribution in [0.5, 0.6) is 0 Å². The Balaban J connectivity index is 1.93. The minimum Gasteiger partial charge on any atom is -0.296 e. The van der Waals surface area contributed by atoms with Crippen molar-refractivity contribution in [2.75, 3.05) is 19.6 Å². The monoisotopic (exact) mass is 305 g/mol. The molecule has 0 N–H and O–H groups in total. The Morgan fingerprint density at radius 3 is 2.67 bits per heavy atom. The molecule has 18 heavy (non-hydrogen) atoms. The molecule has 1 fully saturated rings. The van der Waals surface area contributed by atoms with Gasteiger partial charge in [0.25, 0.3) is 0 Å². The molecule has 1 aromatic heterocycles. The van der Waals surface area contributed by atoms with Crippen LogP contribution in [-0.4, -0.2) is 30.3 Å². The summed E-state index contributed by atoms with van der Waals surface area (Å²) in [6.45, 7) is 4.46. The van der Waals surface area contributed by atoms with Gasteiger partial charge in [0, 0.05) is 6.54 Å². The summed E-state index contributed by atoms with van der Waals surface area (Å²) in [6.07, 6.45) is 3.94. The van der Waals surface area contributed by atoms with Crippen LogP contribution in [0.3, 0.4) is 0 Å². The third-order valence-corrected chi connectivity index (χ3v) is 5.00. The van der Waals surface area contributed by atoms with Gasteiger partial charge in [0.05, 0.1) is 16.4 Å². The lowest BCUT2D eigenvalue weighted by Gasteiger charge is -2.31. The first-order chi connectivity index (χ1) is 8.60. The fraction of sp³-hybridized carbons (Fsp3) is 0.615. The minimum absolute atomic E-state index is 0.0734. The number of carbonyl (C=O) groups is 1. The maximum Gasteiger partial charge on any atom is 0.179 e. The Kier molecular flexibility index (Phi) is 5.07. The second-order valence-corrected chi connectivity index (χ2v) is 7.07. The quantitative estimate of drug-likeness (QED) is 0.728. The van der Waals surface area contributed by atoms with Gasteiger partial charge in [0.2, 0.25) is 0 Å². The predicted molar refractivity (Wildman–Crippen MR) is 78.1 cm³/mol. The largest absolute Gasteiger partial charge is 0.296 e. The van der Waals surface area contributed by atoms with Crippen molar-refractivity contribution in [3.05, 3.63) is 20.3 Å². The molecule has 0 aromatic carbocycles. The highest BCUT2D eigenvalue weighted by atomic mass is 35.5. The Hall–Kier alpha value is -0.0900. The van der Waals surface area contributed by atoms with Gasteiger partial charge in [-0.15, -0.1) is 11.3 Å². The molecule has 0 radical (unpaired) electrons. The summed E-state index contributed by atoms with van der Waals surface area (Å²) in [5.41, 5.74) is 0.568. The van der Waals surface area contributed by atoms with Gasteiger partial charge in [0.15, 0.2) is 5.78 Å². The van der Waals surface area contributed by atoms with Crippen LogP contribution in [0.1, 0.15) is 36.5 Å². The van der Waals surface area contributed by atoms with E-state index in [4.69, 9.17) is 23.2 Å². The van der Waals surface area contributed by atoms with E-state index in [0.717, 1.165) is 19.0 Å². The Morgan fingerprint density at radius 2 is 2.22 bits per heavy atom. The normalized spacial score (nSPS) is 16.0. The molecule has 0 atom stereocenters. The van der Waals surface area contributed by atoms with Crippen molar-refractivity contribution in [3.63, 3.8) is 0 Å². The standard InChI is InChI=1S/C13H17Cl2NOS/c1-2-16(7-9-4-3-5-9)8-11(17)10-6-12(14)18-13(10)15/h6,9H,2-5,7-8H2,1H3. The van der Waals surface area contributed by atoms with Gasteiger partial charge in [-0.1, -0.05) is 36.5 Å². The molecule has 5 heteroatoms. The minimum atomic E-state index is 0.0734. The molecule has 2 rings (SSSR count). The molecule has 1 aromatic rings. The number of hydrogen-bond donors (Lipinski definition) is 0. The zero-order valence-electron chi connectivity index (χ0n) is 10.4. The van der Waals surface area contributed by atoms with Crippen molar-refractivity contribution in [1.82, 2.24) is 4.90 Å². The Labute approximate surface area is 122 Å². The van der Waals surface area contributed by atoms with Gasteiger partial charge in [0.1, 0.15) is 4.34 Å². The lowest BCUT2D eigenvalue weighted by molar-refractivity contribution is 0.0905. The van der Waals surface area contributed by atoms with Crippen LogP contribution in [-0.2, 0) is 0 Å². The van der Waals surface area contributed by atoms with Crippen molar-refractivity contribution in [3.8, 4) is 0 Å². The van der Waals surface area contributed by atoms with Crippen LogP contribution >= 0.6 is 34.5 Å². The lowest BCUT2D eigenvalue weighted by Crippen LogP contribution is -2.36. The highest BCUT2D eigenvalue weighted by Crippen LogP contribution is 2.32. The van der Waals surface area contributed by atoms with Crippen LogP contribution in [0.15, 0.2) is 6.07 Å². The van der Waals surface area contributed by atoms with Crippen molar-refractivity contribution in [2.45, 2.75) is 26.2 Å². The van der Waals surface area contributed by atoms with Crippen LogP contribution in [0, 0.1) is 5.92 Å². The number of carbonyl (C=O) groups excluding carboxylic acids is 1. The molecule has 100 valence electrons. The summed E-state index contributed by atoms with van der Waals surface area (Å²) >= 11 is 13.1. The average molecular weight is 306 g/mol. The molecule has 0 amide bonds. The van der Waals surface area contributed by atoms with Gasteiger partial charge < -0.3 is 0 Å².